The first kappa shape index (κ1) is 10.1. The Kier molecular flexibility index (Phi) is 5.43. The molecule has 0 atom stereocenters. The first-order valence-electron chi connectivity index (χ1n) is 3.93. The van der Waals surface area contributed by atoms with Crippen LogP contribution >= 0.6 is 0 Å². The molecule has 0 aromatic carbocycles. The van der Waals surface area contributed by atoms with Gasteiger partial charge in [-0.25, -0.2) is 0 Å². The zero-order valence-electron chi connectivity index (χ0n) is 7.62. The van der Waals surface area contributed by atoms with E-state index in [1.54, 1.807) is 11.3 Å². The van der Waals surface area contributed by atoms with Crippen LogP contribution in [0.25, 0.3) is 0 Å². The molecule has 0 unspecified atom stereocenters. The minimum atomic E-state index is 0.686. The summed E-state index contributed by atoms with van der Waals surface area (Å²) in [6, 6.07) is 0. The second kappa shape index (κ2) is 5.89. The summed E-state index contributed by atoms with van der Waals surface area (Å²) in [6.45, 7) is 10.5. The van der Waals surface area contributed by atoms with E-state index in [1.807, 2.05) is 6.92 Å². The predicted molar refractivity (Wildman–Crippen MR) is 49.9 cm³/mol. The number of hydrogen-bond acceptors (Lipinski definition) is 3. The van der Waals surface area contributed by atoms with E-state index in [0.717, 1.165) is 13.0 Å². The van der Waals surface area contributed by atoms with Gasteiger partial charge in [-0.3, -0.25) is 0 Å². The van der Waals surface area contributed by atoms with Crippen molar-refractivity contribution in [1.82, 2.24) is 5.12 Å². The van der Waals surface area contributed by atoms with E-state index in [4.69, 9.17) is 0 Å². The van der Waals surface area contributed by atoms with Crippen molar-refractivity contribution in [2.45, 2.75) is 27.2 Å². The number of nitrogens with zero attached hydrogens (tertiary/aromatic N) is 3. The van der Waals surface area contributed by atoms with Gasteiger partial charge in [-0.1, -0.05) is 13.8 Å². The Morgan fingerprint density at radius 1 is 1.55 bits per heavy atom. The Morgan fingerprint density at radius 2 is 2.18 bits per heavy atom. The van der Waals surface area contributed by atoms with Crippen molar-refractivity contribution in [3.05, 3.63) is 0 Å². The summed E-state index contributed by atoms with van der Waals surface area (Å²) in [6.07, 6.45) is 2.81. The van der Waals surface area contributed by atoms with Gasteiger partial charge in [0.2, 0.25) is 0 Å². The molecule has 0 amide bonds. The second-order valence-electron chi connectivity index (χ2n) is 2.79. The van der Waals surface area contributed by atoms with Gasteiger partial charge in [-0.15, -0.1) is 0 Å². The summed E-state index contributed by atoms with van der Waals surface area (Å²) in [4.78, 5) is 0. The van der Waals surface area contributed by atoms with Crippen LogP contribution in [-0.2, 0) is 0 Å². The van der Waals surface area contributed by atoms with Gasteiger partial charge in [0, 0.05) is 12.9 Å². The van der Waals surface area contributed by atoms with E-state index < -0.39 is 0 Å². The van der Waals surface area contributed by atoms with Crippen LogP contribution in [0.5, 0.6) is 0 Å². The van der Waals surface area contributed by atoms with Crippen LogP contribution in [0.1, 0.15) is 27.2 Å². The maximum absolute atomic E-state index is 3.99. The third-order valence-electron chi connectivity index (χ3n) is 1.32. The highest BCUT2D eigenvalue weighted by Gasteiger charge is 1.98. The van der Waals surface area contributed by atoms with E-state index in [2.05, 4.69) is 30.8 Å². The average molecular weight is 155 g/mol. The van der Waals surface area contributed by atoms with Crippen molar-refractivity contribution in [3.63, 3.8) is 0 Å². The van der Waals surface area contributed by atoms with Gasteiger partial charge in [-0.2, -0.15) is 15.3 Å². The number of hydrazone groups is 2. The molecular weight excluding hydrogens is 138 g/mol. The van der Waals surface area contributed by atoms with E-state index in [-0.39, 0.29) is 0 Å². The molecule has 0 saturated carbocycles. The van der Waals surface area contributed by atoms with Gasteiger partial charge in [-0.05, 0) is 19.3 Å². The van der Waals surface area contributed by atoms with E-state index >= 15 is 0 Å². The molecule has 0 aliphatic rings. The standard InChI is InChI=1S/C8H17N3/c1-5-10-11(9-4)7-6-8(2)3/h5,8H,4,6-7H2,1-3H3/b10-5-. The first-order valence-corrected chi connectivity index (χ1v) is 3.93. The van der Waals surface area contributed by atoms with Crippen LogP contribution in [0.2, 0.25) is 0 Å². The average Bonchev–Trinajstić information content (AvgIpc) is 1.97. The van der Waals surface area contributed by atoms with Crippen LogP contribution < -0.4 is 0 Å². The lowest BCUT2D eigenvalue weighted by Crippen LogP contribution is -2.13. The van der Waals surface area contributed by atoms with Gasteiger partial charge in [0.15, 0.2) is 0 Å². The molecule has 0 aromatic rings. The topological polar surface area (TPSA) is 28.0 Å². The second-order valence-corrected chi connectivity index (χ2v) is 2.79. The predicted octanol–water partition coefficient (Wildman–Crippen LogP) is 1.96. The quantitative estimate of drug-likeness (QED) is 0.440. The van der Waals surface area contributed by atoms with Crippen LogP contribution in [0.15, 0.2) is 10.2 Å². The molecule has 0 aliphatic heterocycles. The van der Waals surface area contributed by atoms with Crippen molar-refractivity contribution in [1.29, 1.82) is 0 Å². The summed E-state index contributed by atoms with van der Waals surface area (Å²) < 4.78 is 0. The highest BCUT2D eigenvalue weighted by atomic mass is 15.6. The van der Waals surface area contributed by atoms with Crippen molar-refractivity contribution in [2.75, 3.05) is 6.54 Å². The number of rotatable bonds is 5. The maximum atomic E-state index is 3.99. The summed E-state index contributed by atoms with van der Waals surface area (Å²) in [5, 5.41) is 9.34. The molecule has 11 heavy (non-hydrogen) atoms. The molecule has 0 spiro atoms. The monoisotopic (exact) mass is 155 g/mol. The smallest absolute Gasteiger partial charge is 0.0609 e. The van der Waals surface area contributed by atoms with Crippen molar-refractivity contribution in [2.24, 2.45) is 16.1 Å². The minimum absolute atomic E-state index is 0.686. The third-order valence-corrected chi connectivity index (χ3v) is 1.32. The SMILES string of the molecule is C=NN(CCC(C)C)/N=C\C. The zero-order valence-corrected chi connectivity index (χ0v) is 7.62. The highest BCUT2D eigenvalue weighted by molar-refractivity contribution is 5.52. The largest absolute Gasteiger partial charge is 0.186 e. The van der Waals surface area contributed by atoms with Gasteiger partial charge >= 0.3 is 0 Å². The molecule has 64 valence electrons. The van der Waals surface area contributed by atoms with Crippen LogP contribution in [-0.4, -0.2) is 24.6 Å². The molecule has 0 fully saturated rings. The van der Waals surface area contributed by atoms with Gasteiger partial charge in [0.05, 0.1) is 6.54 Å². The fourth-order valence-corrected chi connectivity index (χ4v) is 0.672. The Balaban J connectivity index is 3.60. The summed E-state index contributed by atoms with van der Waals surface area (Å²) in [5.74, 6) is 0.686. The molecular formula is C8H17N3. The zero-order chi connectivity index (χ0) is 8.69. The van der Waals surface area contributed by atoms with Gasteiger partial charge in [0.25, 0.3) is 0 Å². The van der Waals surface area contributed by atoms with E-state index in [9.17, 15) is 0 Å². The summed E-state index contributed by atoms with van der Waals surface area (Å²) in [5.41, 5.74) is 0. The molecule has 0 aromatic heterocycles. The summed E-state index contributed by atoms with van der Waals surface area (Å²) in [7, 11) is 0. The fraction of sp³-hybridized carbons (Fsp3) is 0.750. The van der Waals surface area contributed by atoms with E-state index in [1.165, 1.54) is 0 Å². The molecule has 0 bridgehead atoms. The van der Waals surface area contributed by atoms with Crippen molar-refractivity contribution >= 4 is 12.9 Å². The lowest BCUT2D eigenvalue weighted by molar-refractivity contribution is 0.287. The van der Waals surface area contributed by atoms with Gasteiger partial charge < -0.3 is 0 Å². The first-order chi connectivity index (χ1) is 5.20. The van der Waals surface area contributed by atoms with Crippen molar-refractivity contribution in [3.8, 4) is 0 Å². The van der Waals surface area contributed by atoms with E-state index in [0.29, 0.717) is 5.92 Å². The molecule has 0 N–H and O–H groups in total. The molecule has 0 saturated heterocycles. The molecule has 3 nitrogen and oxygen atoms in total. The van der Waals surface area contributed by atoms with Crippen LogP contribution in [0, 0.1) is 5.92 Å². The Hall–Kier alpha value is -0.860. The Labute approximate surface area is 68.8 Å². The Bertz CT molecular complexity index is 129. The molecule has 0 radical (unpaired) electrons. The number of hydrogen-bond donors (Lipinski definition) is 0. The maximum Gasteiger partial charge on any atom is 0.0609 e. The minimum Gasteiger partial charge on any atom is -0.186 e. The Morgan fingerprint density at radius 3 is 2.55 bits per heavy atom. The molecule has 0 rings (SSSR count). The van der Waals surface area contributed by atoms with Gasteiger partial charge in [0.1, 0.15) is 0 Å². The normalized spacial score (nSPS) is 10.9. The van der Waals surface area contributed by atoms with Crippen LogP contribution in [0.3, 0.4) is 0 Å². The van der Waals surface area contributed by atoms with Crippen LogP contribution in [0.4, 0.5) is 0 Å². The third kappa shape index (κ3) is 5.58. The summed E-state index contributed by atoms with van der Waals surface area (Å²) >= 11 is 0. The fourth-order valence-electron chi connectivity index (χ4n) is 0.672. The molecule has 3 heteroatoms. The van der Waals surface area contributed by atoms with Crippen molar-refractivity contribution < 1.29 is 0 Å². The molecule has 0 heterocycles. The lowest BCUT2D eigenvalue weighted by atomic mass is 10.1. The molecule has 0 aliphatic carbocycles. The highest BCUT2D eigenvalue weighted by Crippen LogP contribution is 2.01. The lowest BCUT2D eigenvalue weighted by Gasteiger charge is -2.12.